The Morgan fingerprint density at radius 2 is 2.09 bits per heavy atom. The minimum absolute atomic E-state index is 0.00732. The molecule has 1 heterocycles. The zero-order valence-corrected chi connectivity index (χ0v) is 13.1. The Morgan fingerprint density at radius 1 is 1.36 bits per heavy atom. The quantitative estimate of drug-likeness (QED) is 0.826. The van der Waals surface area contributed by atoms with Gasteiger partial charge in [-0.3, -0.25) is 14.5 Å². The lowest BCUT2D eigenvalue weighted by Gasteiger charge is -2.30. The minimum Gasteiger partial charge on any atom is -0.369 e. The molecule has 0 unspecified atom stereocenters. The van der Waals surface area contributed by atoms with Crippen LogP contribution in [0.5, 0.6) is 0 Å². The molecular formula is C17H25N3O2. The van der Waals surface area contributed by atoms with Crippen molar-refractivity contribution < 1.29 is 9.59 Å². The number of amides is 2. The fourth-order valence-corrected chi connectivity index (χ4v) is 2.86. The van der Waals surface area contributed by atoms with Gasteiger partial charge in [0.05, 0.1) is 12.5 Å². The van der Waals surface area contributed by atoms with Crippen molar-refractivity contribution in [2.45, 2.75) is 25.7 Å². The molecule has 1 aliphatic heterocycles. The normalized spacial score (nSPS) is 20.3. The molecule has 1 aromatic carbocycles. The van der Waals surface area contributed by atoms with Gasteiger partial charge in [-0.05, 0) is 30.9 Å². The van der Waals surface area contributed by atoms with Gasteiger partial charge in [-0.1, -0.05) is 37.3 Å². The van der Waals surface area contributed by atoms with Crippen molar-refractivity contribution in [2.24, 2.45) is 11.7 Å². The van der Waals surface area contributed by atoms with E-state index in [2.05, 4.69) is 24.4 Å². The molecule has 0 aromatic heterocycles. The Balaban J connectivity index is 1.75. The van der Waals surface area contributed by atoms with Crippen molar-refractivity contribution in [2.75, 3.05) is 26.2 Å². The summed E-state index contributed by atoms with van der Waals surface area (Å²) in [7, 11) is 0. The summed E-state index contributed by atoms with van der Waals surface area (Å²) in [5.41, 5.74) is 6.57. The smallest absolute Gasteiger partial charge is 0.234 e. The molecule has 1 aromatic rings. The van der Waals surface area contributed by atoms with E-state index in [1.807, 2.05) is 23.1 Å². The van der Waals surface area contributed by atoms with Crippen molar-refractivity contribution in [3.05, 3.63) is 35.9 Å². The molecule has 1 aliphatic rings. The Hall–Kier alpha value is -1.88. The number of hydrogen-bond acceptors (Lipinski definition) is 3. The largest absolute Gasteiger partial charge is 0.369 e. The van der Waals surface area contributed by atoms with Crippen LogP contribution in [0.1, 0.15) is 31.2 Å². The third-order valence-electron chi connectivity index (χ3n) is 4.25. The number of carbonyl (C=O) groups excluding carboxylic acids is 2. The number of benzene rings is 1. The number of nitrogens with two attached hydrogens (primary N) is 1. The first-order chi connectivity index (χ1) is 10.6. The molecule has 2 rings (SSSR count). The molecule has 1 saturated heterocycles. The maximum Gasteiger partial charge on any atom is 0.234 e. The average molecular weight is 303 g/mol. The standard InChI is InChI=1S/C17H25N3O2/c1-13(14-6-3-2-4-7-14)10-19-16(21)12-20-9-5-8-15(11-20)17(18)22/h2-4,6-7,13,15H,5,8-12H2,1H3,(H2,18,22)(H,19,21)/t13-,15+/m1/s1. The first-order valence-corrected chi connectivity index (χ1v) is 7.89. The summed E-state index contributed by atoms with van der Waals surface area (Å²) in [6, 6.07) is 10.1. The van der Waals surface area contributed by atoms with Gasteiger partial charge in [0.25, 0.3) is 0 Å². The highest BCUT2D eigenvalue weighted by Crippen LogP contribution is 2.16. The van der Waals surface area contributed by atoms with E-state index in [1.165, 1.54) is 5.56 Å². The monoisotopic (exact) mass is 303 g/mol. The summed E-state index contributed by atoms with van der Waals surface area (Å²) in [6.07, 6.45) is 1.75. The van der Waals surface area contributed by atoms with Crippen LogP contribution in [0.3, 0.4) is 0 Å². The SMILES string of the molecule is C[C@H](CNC(=O)CN1CCC[C@H](C(N)=O)C1)c1ccccc1. The van der Waals surface area contributed by atoms with E-state index in [0.29, 0.717) is 19.6 Å². The van der Waals surface area contributed by atoms with Crippen LogP contribution in [-0.2, 0) is 9.59 Å². The van der Waals surface area contributed by atoms with Crippen LogP contribution in [0.2, 0.25) is 0 Å². The highest BCUT2D eigenvalue weighted by Gasteiger charge is 2.25. The van der Waals surface area contributed by atoms with Crippen molar-refractivity contribution in [3.63, 3.8) is 0 Å². The molecule has 120 valence electrons. The molecule has 2 amide bonds. The van der Waals surface area contributed by atoms with Gasteiger partial charge in [-0.25, -0.2) is 0 Å². The topological polar surface area (TPSA) is 75.4 Å². The highest BCUT2D eigenvalue weighted by molar-refractivity contribution is 5.79. The molecule has 0 saturated carbocycles. The van der Waals surface area contributed by atoms with Gasteiger partial charge in [0, 0.05) is 13.1 Å². The van der Waals surface area contributed by atoms with Gasteiger partial charge in [0.15, 0.2) is 0 Å². The molecule has 0 bridgehead atoms. The predicted octanol–water partition coefficient (Wildman–Crippen LogP) is 1.10. The van der Waals surface area contributed by atoms with Crippen LogP contribution in [0.25, 0.3) is 0 Å². The fraction of sp³-hybridized carbons (Fsp3) is 0.529. The van der Waals surface area contributed by atoms with Gasteiger partial charge in [-0.15, -0.1) is 0 Å². The van der Waals surface area contributed by atoms with Gasteiger partial charge in [-0.2, -0.15) is 0 Å². The average Bonchev–Trinajstić information content (AvgIpc) is 2.53. The van der Waals surface area contributed by atoms with Gasteiger partial charge < -0.3 is 11.1 Å². The molecule has 5 nitrogen and oxygen atoms in total. The number of nitrogens with one attached hydrogen (secondary N) is 1. The van der Waals surface area contributed by atoms with Gasteiger partial charge >= 0.3 is 0 Å². The zero-order chi connectivity index (χ0) is 15.9. The number of carbonyl (C=O) groups is 2. The number of nitrogens with zero attached hydrogens (tertiary/aromatic N) is 1. The molecule has 5 heteroatoms. The van der Waals surface area contributed by atoms with Crippen LogP contribution >= 0.6 is 0 Å². The predicted molar refractivity (Wildman–Crippen MR) is 86.2 cm³/mol. The minimum atomic E-state index is -0.261. The van der Waals surface area contributed by atoms with Crippen molar-refractivity contribution in [1.29, 1.82) is 0 Å². The Kier molecular flexibility index (Phi) is 5.95. The van der Waals surface area contributed by atoms with Crippen LogP contribution in [0.15, 0.2) is 30.3 Å². The number of primary amides is 1. The third-order valence-corrected chi connectivity index (χ3v) is 4.25. The number of hydrogen-bond donors (Lipinski definition) is 2. The lowest BCUT2D eigenvalue weighted by atomic mass is 9.97. The maximum absolute atomic E-state index is 12.1. The summed E-state index contributed by atoms with van der Waals surface area (Å²) >= 11 is 0. The Labute approximate surface area is 131 Å². The van der Waals surface area contributed by atoms with Crippen LogP contribution in [0.4, 0.5) is 0 Å². The van der Waals surface area contributed by atoms with Crippen LogP contribution in [-0.4, -0.2) is 42.9 Å². The van der Waals surface area contributed by atoms with E-state index in [-0.39, 0.29) is 23.7 Å². The second-order valence-electron chi connectivity index (χ2n) is 6.09. The first-order valence-electron chi connectivity index (χ1n) is 7.89. The van der Waals surface area contributed by atoms with Crippen molar-refractivity contribution in [3.8, 4) is 0 Å². The van der Waals surface area contributed by atoms with E-state index >= 15 is 0 Å². The second-order valence-corrected chi connectivity index (χ2v) is 6.09. The Morgan fingerprint density at radius 3 is 2.77 bits per heavy atom. The fourth-order valence-electron chi connectivity index (χ4n) is 2.86. The molecule has 0 spiro atoms. The summed E-state index contributed by atoms with van der Waals surface area (Å²) < 4.78 is 0. The number of rotatable bonds is 6. The molecule has 3 N–H and O–H groups in total. The number of piperidine rings is 1. The van der Waals surface area contributed by atoms with Crippen LogP contribution < -0.4 is 11.1 Å². The van der Waals surface area contributed by atoms with Crippen molar-refractivity contribution >= 4 is 11.8 Å². The summed E-state index contributed by atoms with van der Waals surface area (Å²) in [5.74, 6) is -0.0922. The van der Waals surface area contributed by atoms with E-state index in [4.69, 9.17) is 5.73 Å². The van der Waals surface area contributed by atoms with E-state index in [0.717, 1.165) is 19.4 Å². The summed E-state index contributed by atoms with van der Waals surface area (Å²) in [5, 5.41) is 2.98. The molecule has 0 radical (unpaired) electrons. The lowest BCUT2D eigenvalue weighted by Crippen LogP contribution is -2.45. The molecule has 22 heavy (non-hydrogen) atoms. The molecular weight excluding hydrogens is 278 g/mol. The second kappa shape index (κ2) is 7.94. The molecule has 0 aliphatic carbocycles. The lowest BCUT2D eigenvalue weighted by molar-refractivity contribution is -0.126. The van der Waals surface area contributed by atoms with Crippen molar-refractivity contribution in [1.82, 2.24) is 10.2 Å². The number of likely N-dealkylation sites (tertiary alicyclic amines) is 1. The van der Waals surface area contributed by atoms with E-state index in [1.54, 1.807) is 0 Å². The molecule has 1 fully saturated rings. The maximum atomic E-state index is 12.1. The molecule has 2 atom stereocenters. The van der Waals surface area contributed by atoms with Gasteiger partial charge in [0.2, 0.25) is 11.8 Å². The summed E-state index contributed by atoms with van der Waals surface area (Å²) in [4.78, 5) is 25.3. The highest BCUT2D eigenvalue weighted by atomic mass is 16.2. The van der Waals surface area contributed by atoms with E-state index < -0.39 is 0 Å². The summed E-state index contributed by atoms with van der Waals surface area (Å²) in [6.45, 7) is 4.50. The van der Waals surface area contributed by atoms with E-state index in [9.17, 15) is 9.59 Å². The zero-order valence-electron chi connectivity index (χ0n) is 13.1. The first kappa shape index (κ1) is 16.5. The third kappa shape index (κ3) is 4.84. The Bertz CT molecular complexity index is 504. The van der Waals surface area contributed by atoms with Crippen LogP contribution in [0, 0.1) is 5.92 Å². The van der Waals surface area contributed by atoms with Gasteiger partial charge in [0.1, 0.15) is 0 Å².